The van der Waals surface area contributed by atoms with Crippen LogP contribution in [-0.4, -0.2) is 54.0 Å². The topological polar surface area (TPSA) is 113 Å². The van der Waals surface area contributed by atoms with Crippen LogP contribution in [0.5, 0.6) is 0 Å². The highest BCUT2D eigenvalue weighted by molar-refractivity contribution is 7.47. The van der Waals surface area contributed by atoms with E-state index in [1.165, 1.54) is 0 Å². The maximum absolute atomic E-state index is 10.5. The first-order valence-electron chi connectivity index (χ1n) is 7.85. The highest BCUT2D eigenvalue weighted by Crippen LogP contribution is 2.43. The molecular formula is C14H22N5O4P. The molecule has 0 saturated carbocycles. The molecule has 24 heavy (non-hydrogen) atoms. The Balaban J connectivity index is 1.45. The van der Waals surface area contributed by atoms with Gasteiger partial charge in [-0.3, -0.25) is 0 Å². The van der Waals surface area contributed by atoms with Crippen molar-refractivity contribution in [2.24, 2.45) is 16.6 Å². The van der Waals surface area contributed by atoms with Gasteiger partial charge in [-0.05, 0) is 6.92 Å². The van der Waals surface area contributed by atoms with E-state index in [1.54, 1.807) is 6.33 Å². The third-order valence-corrected chi connectivity index (χ3v) is 5.07. The van der Waals surface area contributed by atoms with Crippen molar-refractivity contribution in [3.05, 3.63) is 12.0 Å². The maximum atomic E-state index is 10.5. The zero-order valence-electron chi connectivity index (χ0n) is 13.6. The molecule has 1 fully saturated rings. The number of nitrogens with two attached hydrogens (primary N) is 1. The SMILES string of the molecule is CC(Cn1cnc2c1NCN=C2N)OCP1OCC(CC=O)CO1. The fraction of sp³-hybridized carbons (Fsp3) is 0.643. The van der Waals surface area contributed by atoms with Crippen molar-refractivity contribution in [1.29, 1.82) is 0 Å². The van der Waals surface area contributed by atoms with Crippen LogP contribution in [0, 0.1) is 5.92 Å². The molecule has 132 valence electrons. The van der Waals surface area contributed by atoms with E-state index < -0.39 is 8.38 Å². The third-order valence-electron chi connectivity index (χ3n) is 3.83. The van der Waals surface area contributed by atoms with Gasteiger partial charge in [0.1, 0.15) is 36.7 Å². The molecule has 1 unspecified atom stereocenters. The van der Waals surface area contributed by atoms with Gasteiger partial charge in [0, 0.05) is 12.3 Å². The fourth-order valence-electron chi connectivity index (χ4n) is 2.49. The number of fused-ring (bicyclic) bond motifs is 1. The van der Waals surface area contributed by atoms with Crippen molar-refractivity contribution < 1.29 is 18.6 Å². The van der Waals surface area contributed by atoms with Gasteiger partial charge in [-0.1, -0.05) is 0 Å². The van der Waals surface area contributed by atoms with Gasteiger partial charge in [0.25, 0.3) is 0 Å². The lowest BCUT2D eigenvalue weighted by Gasteiger charge is -2.28. The van der Waals surface area contributed by atoms with Crippen LogP contribution in [0.4, 0.5) is 5.82 Å². The summed E-state index contributed by atoms with van der Waals surface area (Å²) >= 11 is 0. The number of amidine groups is 1. The van der Waals surface area contributed by atoms with Gasteiger partial charge in [0.15, 0.2) is 8.38 Å². The summed E-state index contributed by atoms with van der Waals surface area (Å²) in [7, 11) is -1.04. The van der Waals surface area contributed by atoms with Gasteiger partial charge in [0.2, 0.25) is 0 Å². The fourth-order valence-corrected chi connectivity index (χ4v) is 3.85. The number of aliphatic imine (C=N–C) groups is 1. The van der Waals surface area contributed by atoms with E-state index in [-0.39, 0.29) is 12.0 Å². The van der Waals surface area contributed by atoms with E-state index in [9.17, 15) is 4.79 Å². The first-order chi connectivity index (χ1) is 11.7. The lowest BCUT2D eigenvalue weighted by molar-refractivity contribution is -0.109. The Morgan fingerprint density at radius 3 is 3.12 bits per heavy atom. The summed E-state index contributed by atoms with van der Waals surface area (Å²) in [5, 5.41) is 3.17. The zero-order valence-corrected chi connectivity index (χ0v) is 14.4. The molecule has 3 rings (SSSR count). The van der Waals surface area contributed by atoms with Crippen molar-refractivity contribution in [2.45, 2.75) is 26.0 Å². The molecule has 1 saturated heterocycles. The summed E-state index contributed by atoms with van der Waals surface area (Å²) in [5.41, 5.74) is 6.51. The van der Waals surface area contributed by atoms with Crippen LogP contribution in [0.2, 0.25) is 0 Å². The normalized spacial score (nSPS) is 24.6. The second kappa shape index (κ2) is 8.02. The molecule has 0 amide bonds. The summed E-state index contributed by atoms with van der Waals surface area (Å²) in [4.78, 5) is 18.9. The van der Waals surface area contributed by atoms with Crippen molar-refractivity contribution in [1.82, 2.24) is 9.55 Å². The second-order valence-electron chi connectivity index (χ2n) is 5.77. The van der Waals surface area contributed by atoms with Gasteiger partial charge < -0.3 is 34.2 Å². The quantitative estimate of drug-likeness (QED) is 0.552. The largest absolute Gasteiger partial charge is 0.382 e. The van der Waals surface area contributed by atoms with E-state index in [1.807, 2.05) is 11.5 Å². The molecule has 1 aromatic heterocycles. The van der Waals surface area contributed by atoms with Crippen LogP contribution < -0.4 is 11.1 Å². The number of aromatic nitrogens is 2. The molecule has 0 aromatic carbocycles. The average Bonchev–Trinajstić information content (AvgIpc) is 2.99. The molecule has 1 aromatic rings. The van der Waals surface area contributed by atoms with E-state index in [0.717, 1.165) is 12.1 Å². The molecule has 3 N–H and O–H groups in total. The standard InChI is InChI=1S/C14H22N5O4P/c1-10(21-9-24-22-5-11(2-3-20)6-23-24)4-19-8-18-12-13(15)16-7-17-14(12)19/h3,8,10-11,17H,2,4-7,9H2,1H3,(H2,15,16). The number of hydrogen-bond acceptors (Lipinski definition) is 8. The van der Waals surface area contributed by atoms with Crippen LogP contribution in [0.3, 0.4) is 0 Å². The lowest BCUT2D eigenvalue weighted by atomic mass is 10.1. The number of rotatable bonds is 7. The highest BCUT2D eigenvalue weighted by atomic mass is 31.2. The van der Waals surface area contributed by atoms with Crippen LogP contribution in [0.25, 0.3) is 0 Å². The summed E-state index contributed by atoms with van der Waals surface area (Å²) in [6.45, 7) is 4.19. The van der Waals surface area contributed by atoms with Gasteiger partial charge >= 0.3 is 0 Å². The smallest absolute Gasteiger partial charge is 0.198 e. The Morgan fingerprint density at radius 1 is 1.58 bits per heavy atom. The summed E-state index contributed by atoms with van der Waals surface area (Å²) in [6, 6.07) is 0. The number of imidazole rings is 1. The Hall–Kier alpha value is -1.54. The number of hydrogen-bond donors (Lipinski definition) is 2. The second-order valence-corrected chi connectivity index (χ2v) is 7.21. The van der Waals surface area contributed by atoms with E-state index in [0.29, 0.717) is 50.7 Å². The van der Waals surface area contributed by atoms with Gasteiger partial charge in [-0.2, -0.15) is 0 Å². The number of carbonyl (C=O) groups is 1. The van der Waals surface area contributed by atoms with E-state index >= 15 is 0 Å². The lowest BCUT2D eigenvalue weighted by Crippen LogP contribution is -2.25. The van der Waals surface area contributed by atoms with Crippen molar-refractivity contribution >= 4 is 26.3 Å². The van der Waals surface area contributed by atoms with Gasteiger partial charge in [-0.15, -0.1) is 0 Å². The molecule has 10 heteroatoms. The molecule has 0 aliphatic carbocycles. The highest BCUT2D eigenvalue weighted by Gasteiger charge is 2.24. The number of aldehydes is 1. The molecule has 2 aliphatic heterocycles. The molecule has 2 aliphatic rings. The Labute approximate surface area is 141 Å². The Bertz CT molecular complexity index is 600. The van der Waals surface area contributed by atoms with Crippen molar-refractivity contribution in [3.63, 3.8) is 0 Å². The number of nitrogens with one attached hydrogen (secondary N) is 1. The van der Waals surface area contributed by atoms with E-state index in [2.05, 4.69) is 15.3 Å². The number of nitrogens with zero attached hydrogens (tertiary/aromatic N) is 3. The molecule has 9 nitrogen and oxygen atoms in total. The molecule has 1 atom stereocenters. The van der Waals surface area contributed by atoms with Crippen molar-refractivity contribution in [2.75, 3.05) is 31.5 Å². The Kier molecular flexibility index (Phi) is 5.78. The van der Waals surface area contributed by atoms with Crippen LogP contribution in [-0.2, 0) is 25.1 Å². The third kappa shape index (κ3) is 4.10. The molecule has 0 radical (unpaired) electrons. The minimum Gasteiger partial charge on any atom is -0.382 e. The first kappa shape index (κ1) is 17.3. The van der Waals surface area contributed by atoms with Gasteiger partial charge in [0.05, 0.1) is 32.2 Å². The summed E-state index contributed by atoms with van der Waals surface area (Å²) in [6.07, 6.45) is 3.49. The maximum Gasteiger partial charge on any atom is 0.198 e. The zero-order chi connectivity index (χ0) is 16.9. The summed E-state index contributed by atoms with van der Waals surface area (Å²) in [5.74, 6) is 1.48. The predicted octanol–water partition coefficient (Wildman–Crippen LogP) is 0.898. The number of ether oxygens (including phenoxy) is 1. The predicted molar refractivity (Wildman–Crippen MR) is 89.9 cm³/mol. The van der Waals surface area contributed by atoms with Crippen LogP contribution >= 0.6 is 8.38 Å². The summed E-state index contributed by atoms with van der Waals surface area (Å²) < 4.78 is 19.1. The molecular weight excluding hydrogens is 333 g/mol. The minimum absolute atomic E-state index is 0.0346. The van der Waals surface area contributed by atoms with Crippen LogP contribution in [0.15, 0.2) is 11.3 Å². The number of carbonyl (C=O) groups excluding carboxylic acids is 1. The molecule has 0 spiro atoms. The Morgan fingerprint density at radius 2 is 2.38 bits per heavy atom. The minimum atomic E-state index is -1.04. The number of anilines is 1. The van der Waals surface area contributed by atoms with E-state index in [4.69, 9.17) is 19.5 Å². The average molecular weight is 355 g/mol. The van der Waals surface area contributed by atoms with Crippen molar-refractivity contribution in [3.8, 4) is 0 Å². The monoisotopic (exact) mass is 355 g/mol. The first-order valence-corrected chi connectivity index (χ1v) is 9.21. The molecule has 3 heterocycles. The van der Waals surface area contributed by atoms with Crippen LogP contribution in [0.1, 0.15) is 19.0 Å². The molecule has 0 bridgehead atoms. The van der Waals surface area contributed by atoms with Gasteiger partial charge in [-0.25, -0.2) is 9.98 Å².